The minimum absolute atomic E-state index is 0.0751. The monoisotopic (exact) mass is 349 g/mol. The van der Waals surface area contributed by atoms with Crippen LogP contribution in [0.25, 0.3) is 0 Å². The van der Waals surface area contributed by atoms with Gasteiger partial charge in [-0.1, -0.05) is 12.1 Å². The molecular formula is C18H31N5O2. The van der Waals surface area contributed by atoms with Gasteiger partial charge in [0, 0.05) is 25.6 Å². The second kappa shape index (κ2) is 8.65. The van der Waals surface area contributed by atoms with Crippen LogP contribution in [0.4, 0.5) is 4.79 Å². The van der Waals surface area contributed by atoms with Crippen molar-refractivity contribution in [2.24, 2.45) is 5.92 Å². The van der Waals surface area contributed by atoms with E-state index in [1.807, 2.05) is 11.8 Å². The van der Waals surface area contributed by atoms with Gasteiger partial charge in [-0.3, -0.25) is 0 Å². The van der Waals surface area contributed by atoms with Crippen molar-refractivity contribution < 1.29 is 9.32 Å². The summed E-state index contributed by atoms with van der Waals surface area (Å²) >= 11 is 0. The van der Waals surface area contributed by atoms with Gasteiger partial charge in [-0.25, -0.2) is 4.79 Å². The zero-order valence-electron chi connectivity index (χ0n) is 15.5. The molecule has 7 heteroatoms. The molecule has 1 aromatic heterocycles. The molecule has 1 N–H and O–H groups in total. The van der Waals surface area contributed by atoms with Gasteiger partial charge >= 0.3 is 6.03 Å². The minimum atomic E-state index is 0.0751. The summed E-state index contributed by atoms with van der Waals surface area (Å²) in [6.07, 6.45) is 5.41. The minimum Gasteiger partial charge on any atom is -0.339 e. The van der Waals surface area contributed by atoms with Gasteiger partial charge in [0.05, 0.1) is 0 Å². The third-order valence-electron chi connectivity index (χ3n) is 5.66. The van der Waals surface area contributed by atoms with Crippen molar-refractivity contribution in [2.45, 2.75) is 51.9 Å². The Kier molecular flexibility index (Phi) is 6.29. The Morgan fingerprint density at radius 1 is 1.20 bits per heavy atom. The van der Waals surface area contributed by atoms with E-state index in [4.69, 9.17) is 4.52 Å². The molecule has 0 unspecified atom stereocenters. The molecule has 0 saturated carbocycles. The maximum absolute atomic E-state index is 12.3. The average Bonchev–Trinajstić information content (AvgIpc) is 3.09. The van der Waals surface area contributed by atoms with Gasteiger partial charge < -0.3 is 19.6 Å². The Hall–Kier alpha value is -1.63. The van der Waals surface area contributed by atoms with Crippen LogP contribution in [-0.2, 0) is 0 Å². The number of likely N-dealkylation sites (tertiary alicyclic amines) is 2. The van der Waals surface area contributed by atoms with E-state index in [0.717, 1.165) is 57.3 Å². The predicted molar refractivity (Wildman–Crippen MR) is 95.4 cm³/mol. The van der Waals surface area contributed by atoms with Crippen molar-refractivity contribution in [3.8, 4) is 0 Å². The summed E-state index contributed by atoms with van der Waals surface area (Å²) in [6.45, 7) is 9.93. The van der Waals surface area contributed by atoms with E-state index >= 15 is 0 Å². The first kappa shape index (κ1) is 18.2. The molecule has 25 heavy (non-hydrogen) atoms. The Balaban J connectivity index is 1.33. The summed E-state index contributed by atoms with van der Waals surface area (Å²) < 4.78 is 5.26. The molecule has 2 aliphatic rings. The first-order valence-corrected chi connectivity index (χ1v) is 9.71. The molecule has 0 aromatic carbocycles. The van der Waals surface area contributed by atoms with Crippen molar-refractivity contribution in [3.05, 3.63) is 11.7 Å². The number of hydrogen-bond acceptors (Lipinski definition) is 5. The average molecular weight is 349 g/mol. The van der Waals surface area contributed by atoms with Crippen molar-refractivity contribution in [1.82, 2.24) is 25.3 Å². The molecule has 0 radical (unpaired) electrons. The van der Waals surface area contributed by atoms with Gasteiger partial charge in [-0.15, -0.1) is 0 Å². The molecule has 0 aliphatic carbocycles. The number of nitrogens with one attached hydrogen (secondary N) is 1. The van der Waals surface area contributed by atoms with Crippen LogP contribution in [0.5, 0.6) is 0 Å². The van der Waals surface area contributed by atoms with Gasteiger partial charge in [0.25, 0.3) is 0 Å². The fourth-order valence-electron chi connectivity index (χ4n) is 3.89. The summed E-state index contributed by atoms with van der Waals surface area (Å²) in [7, 11) is 0. The van der Waals surface area contributed by atoms with Gasteiger partial charge in [0.1, 0.15) is 0 Å². The number of carbonyl (C=O) groups is 1. The standard InChI is InChI=1S/C18H31N5O2/c1-3-22-10-5-15(6-11-22)4-9-19-18(24)23-12-7-16(8-13-23)17-20-14(2)21-25-17/h15-16H,3-13H2,1-2H3,(H,19,24). The molecule has 3 rings (SSSR count). The molecule has 0 atom stereocenters. The number of carbonyl (C=O) groups excluding carboxylic acids is 1. The van der Waals surface area contributed by atoms with E-state index in [1.165, 1.54) is 25.9 Å². The van der Waals surface area contributed by atoms with Crippen LogP contribution in [0.1, 0.15) is 56.7 Å². The molecule has 2 aliphatic heterocycles. The molecule has 7 nitrogen and oxygen atoms in total. The quantitative estimate of drug-likeness (QED) is 0.883. The zero-order chi connectivity index (χ0) is 17.6. The fraction of sp³-hybridized carbons (Fsp3) is 0.833. The highest BCUT2D eigenvalue weighted by molar-refractivity contribution is 5.74. The third-order valence-corrected chi connectivity index (χ3v) is 5.66. The van der Waals surface area contributed by atoms with Crippen molar-refractivity contribution in [1.29, 1.82) is 0 Å². The number of aromatic nitrogens is 2. The molecule has 1 aromatic rings. The number of nitrogens with zero attached hydrogens (tertiary/aromatic N) is 4. The Morgan fingerprint density at radius 3 is 2.52 bits per heavy atom. The molecule has 0 bridgehead atoms. The normalized spacial score (nSPS) is 20.8. The molecular weight excluding hydrogens is 318 g/mol. The highest BCUT2D eigenvalue weighted by atomic mass is 16.5. The number of aryl methyl sites for hydroxylation is 1. The molecule has 0 spiro atoms. The first-order chi connectivity index (χ1) is 12.2. The molecule has 140 valence electrons. The smallest absolute Gasteiger partial charge is 0.317 e. The molecule has 3 heterocycles. The van der Waals surface area contributed by atoms with Crippen LogP contribution in [-0.4, -0.2) is 65.2 Å². The van der Waals surface area contributed by atoms with E-state index in [2.05, 4.69) is 27.3 Å². The molecule has 2 fully saturated rings. The Bertz CT molecular complexity index is 545. The Labute approximate surface area is 150 Å². The zero-order valence-corrected chi connectivity index (χ0v) is 15.5. The van der Waals surface area contributed by atoms with E-state index in [0.29, 0.717) is 5.82 Å². The van der Waals surface area contributed by atoms with E-state index < -0.39 is 0 Å². The van der Waals surface area contributed by atoms with Gasteiger partial charge in [0.2, 0.25) is 5.89 Å². The summed E-state index contributed by atoms with van der Waals surface area (Å²) in [4.78, 5) is 21.1. The summed E-state index contributed by atoms with van der Waals surface area (Å²) in [5.74, 6) is 2.44. The van der Waals surface area contributed by atoms with Crippen LogP contribution >= 0.6 is 0 Å². The second-order valence-corrected chi connectivity index (χ2v) is 7.34. The van der Waals surface area contributed by atoms with Crippen LogP contribution < -0.4 is 5.32 Å². The van der Waals surface area contributed by atoms with Crippen molar-refractivity contribution in [2.75, 3.05) is 39.3 Å². The molecule has 2 amide bonds. The number of piperidine rings is 2. The first-order valence-electron chi connectivity index (χ1n) is 9.71. The largest absolute Gasteiger partial charge is 0.339 e. The van der Waals surface area contributed by atoms with Crippen molar-refractivity contribution in [3.63, 3.8) is 0 Å². The lowest BCUT2D eigenvalue weighted by Gasteiger charge is -2.32. The second-order valence-electron chi connectivity index (χ2n) is 7.34. The summed E-state index contributed by atoms with van der Waals surface area (Å²) in [5, 5.41) is 6.96. The lowest BCUT2D eigenvalue weighted by atomic mass is 9.93. The highest BCUT2D eigenvalue weighted by Crippen LogP contribution is 2.26. The Morgan fingerprint density at radius 2 is 1.92 bits per heavy atom. The van der Waals surface area contributed by atoms with Gasteiger partial charge in [-0.2, -0.15) is 4.98 Å². The number of urea groups is 1. The number of rotatable bonds is 5. The summed E-state index contributed by atoms with van der Waals surface area (Å²) in [5.41, 5.74) is 0. The van der Waals surface area contributed by atoms with Gasteiger partial charge in [-0.05, 0) is 64.6 Å². The lowest BCUT2D eigenvalue weighted by Crippen LogP contribution is -2.44. The highest BCUT2D eigenvalue weighted by Gasteiger charge is 2.27. The maximum Gasteiger partial charge on any atom is 0.317 e. The van der Waals surface area contributed by atoms with E-state index in [-0.39, 0.29) is 11.9 Å². The van der Waals surface area contributed by atoms with Crippen LogP contribution in [0.15, 0.2) is 4.52 Å². The SMILES string of the molecule is CCN1CCC(CCNC(=O)N2CCC(c3nc(C)no3)CC2)CC1. The number of amides is 2. The third kappa shape index (κ3) is 4.93. The van der Waals surface area contributed by atoms with Crippen molar-refractivity contribution >= 4 is 6.03 Å². The number of hydrogen-bond donors (Lipinski definition) is 1. The van der Waals surface area contributed by atoms with Crippen LogP contribution in [0.3, 0.4) is 0 Å². The van der Waals surface area contributed by atoms with E-state index in [9.17, 15) is 4.79 Å². The van der Waals surface area contributed by atoms with Crippen LogP contribution in [0.2, 0.25) is 0 Å². The van der Waals surface area contributed by atoms with Crippen LogP contribution in [0, 0.1) is 12.8 Å². The topological polar surface area (TPSA) is 74.5 Å². The predicted octanol–water partition coefficient (Wildman–Crippen LogP) is 2.39. The van der Waals surface area contributed by atoms with Gasteiger partial charge in [0.15, 0.2) is 5.82 Å². The fourth-order valence-corrected chi connectivity index (χ4v) is 3.89. The molecule has 2 saturated heterocycles. The summed E-state index contributed by atoms with van der Waals surface area (Å²) in [6, 6.07) is 0.0751. The maximum atomic E-state index is 12.3. The van der Waals surface area contributed by atoms with E-state index in [1.54, 1.807) is 0 Å². The lowest BCUT2D eigenvalue weighted by molar-refractivity contribution is 0.170.